The van der Waals surface area contributed by atoms with Crippen molar-refractivity contribution in [3.8, 4) is 0 Å². The number of benzene rings is 2. The van der Waals surface area contributed by atoms with E-state index in [9.17, 15) is 18.8 Å². The summed E-state index contributed by atoms with van der Waals surface area (Å²) in [6.07, 6.45) is -0.121. The fourth-order valence-electron chi connectivity index (χ4n) is 3.66. The maximum atomic E-state index is 13.4. The number of hydrogen-bond donors (Lipinski definition) is 2. The fourth-order valence-corrected chi connectivity index (χ4v) is 3.66. The van der Waals surface area contributed by atoms with Gasteiger partial charge in [-0.1, -0.05) is 6.07 Å². The fraction of sp³-hybridized carbons (Fsp3) is 0.348. The highest BCUT2D eigenvalue weighted by atomic mass is 19.1. The van der Waals surface area contributed by atoms with Crippen LogP contribution in [0.2, 0.25) is 0 Å². The van der Waals surface area contributed by atoms with E-state index < -0.39 is 36.1 Å². The van der Waals surface area contributed by atoms with Crippen molar-refractivity contribution in [1.82, 2.24) is 0 Å². The molecule has 3 rings (SSSR count). The zero-order valence-corrected chi connectivity index (χ0v) is 17.8. The molecule has 1 heterocycles. The minimum atomic E-state index is -0.882. The first kappa shape index (κ1) is 22.3. The molecule has 8 heteroatoms. The Bertz CT molecular complexity index is 975. The van der Waals surface area contributed by atoms with Gasteiger partial charge < -0.3 is 20.3 Å². The number of halogens is 1. The van der Waals surface area contributed by atoms with Crippen molar-refractivity contribution in [2.45, 2.75) is 39.2 Å². The van der Waals surface area contributed by atoms with Crippen molar-refractivity contribution in [1.29, 1.82) is 0 Å². The largest absolute Gasteiger partial charge is 0.455 e. The van der Waals surface area contributed by atoms with Crippen molar-refractivity contribution < 1.29 is 23.5 Å². The highest BCUT2D eigenvalue weighted by Crippen LogP contribution is 2.33. The second-order valence-corrected chi connectivity index (χ2v) is 7.62. The number of nitrogens with one attached hydrogen (secondary N) is 2. The van der Waals surface area contributed by atoms with Crippen LogP contribution in [-0.4, -0.2) is 37.0 Å². The molecule has 0 radical (unpaired) electrons. The van der Waals surface area contributed by atoms with Gasteiger partial charge in [-0.05, 0) is 62.7 Å². The van der Waals surface area contributed by atoms with Crippen LogP contribution in [0.25, 0.3) is 0 Å². The molecular formula is C23H26FN3O4. The number of nitrogens with zero attached hydrogens (tertiary/aromatic N) is 1. The van der Waals surface area contributed by atoms with Gasteiger partial charge in [0.25, 0.3) is 5.91 Å². The van der Waals surface area contributed by atoms with Crippen LogP contribution < -0.4 is 15.5 Å². The zero-order chi connectivity index (χ0) is 22.5. The van der Waals surface area contributed by atoms with E-state index in [1.54, 1.807) is 12.1 Å². The Balaban J connectivity index is 1.58. The van der Waals surface area contributed by atoms with Gasteiger partial charge in [-0.15, -0.1) is 0 Å². The second-order valence-electron chi connectivity index (χ2n) is 7.62. The quantitative estimate of drug-likeness (QED) is 0.659. The molecule has 7 nitrogen and oxygen atoms in total. The number of ether oxygens (including phenoxy) is 1. The molecule has 1 aliphatic heterocycles. The summed E-state index contributed by atoms with van der Waals surface area (Å²) in [6.45, 7) is 6.68. The number of carbonyl (C=O) groups excluding carboxylic acids is 3. The molecule has 0 saturated carbocycles. The average molecular weight is 427 g/mol. The number of carbonyl (C=O) groups is 3. The van der Waals surface area contributed by atoms with Crippen LogP contribution in [0.1, 0.15) is 38.7 Å². The summed E-state index contributed by atoms with van der Waals surface area (Å²) in [7, 11) is 0. The highest BCUT2D eigenvalue weighted by Gasteiger charge is 2.32. The first-order valence-electron chi connectivity index (χ1n) is 10.2. The van der Waals surface area contributed by atoms with Gasteiger partial charge in [-0.3, -0.25) is 14.4 Å². The smallest absolute Gasteiger partial charge is 0.314 e. The number of amides is 2. The summed E-state index contributed by atoms with van der Waals surface area (Å²) in [5, 5.41) is 5.22. The third-order valence-electron chi connectivity index (χ3n) is 5.13. The summed E-state index contributed by atoms with van der Waals surface area (Å²) in [6, 6.07) is 11.6. The van der Waals surface area contributed by atoms with Crippen molar-refractivity contribution >= 4 is 34.8 Å². The van der Waals surface area contributed by atoms with Crippen LogP contribution in [0.3, 0.4) is 0 Å². The molecule has 164 valence electrons. The summed E-state index contributed by atoms with van der Waals surface area (Å²) in [4.78, 5) is 38.8. The molecule has 0 saturated heterocycles. The number of fused-ring (bicyclic) bond motifs is 1. The van der Waals surface area contributed by atoms with Gasteiger partial charge in [0.05, 0.1) is 5.92 Å². The van der Waals surface area contributed by atoms with E-state index in [4.69, 9.17) is 4.74 Å². The topological polar surface area (TPSA) is 87.7 Å². The van der Waals surface area contributed by atoms with E-state index >= 15 is 0 Å². The van der Waals surface area contributed by atoms with Crippen LogP contribution in [0.5, 0.6) is 0 Å². The first-order valence-corrected chi connectivity index (χ1v) is 10.2. The second kappa shape index (κ2) is 9.59. The van der Waals surface area contributed by atoms with E-state index in [-0.39, 0.29) is 12.1 Å². The van der Waals surface area contributed by atoms with E-state index in [0.29, 0.717) is 17.3 Å². The maximum absolute atomic E-state index is 13.4. The van der Waals surface area contributed by atoms with Gasteiger partial charge in [0.1, 0.15) is 5.82 Å². The lowest BCUT2D eigenvalue weighted by molar-refractivity contribution is -0.149. The van der Waals surface area contributed by atoms with Crippen molar-refractivity contribution in [2.75, 3.05) is 28.7 Å². The number of rotatable bonds is 7. The minimum Gasteiger partial charge on any atom is -0.455 e. The molecule has 2 amide bonds. The van der Waals surface area contributed by atoms with Gasteiger partial charge in [0.15, 0.2) is 6.61 Å². The van der Waals surface area contributed by atoms with Crippen LogP contribution in [-0.2, 0) is 19.1 Å². The standard InChI is InChI=1S/C23H26FN3O4/c1-4-27(14(2)3)17-8-6-16(7-9-17)25-22(29)13-31-23(30)19-12-21(28)26-20-11-15(24)5-10-18(19)20/h5-11,14,19H,4,12-13H2,1-3H3,(H,25,29)(H,26,28). The van der Waals surface area contributed by atoms with E-state index in [1.165, 1.54) is 12.1 Å². The lowest BCUT2D eigenvalue weighted by Crippen LogP contribution is -2.30. The Hall–Kier alpha value is -3.42. The van der Waals surface area contributed by atoms with Gasteiger partial charge in [-0.2, -0.15) is 0 Å². The number of hydrogen-bond acceptors (Lipinski definition) is 5. The molecule has 2 aromatic carbocycles. The summed E-state index contributed by atoms with van der Waals surface area (Å²) in [5.74, 6) is -3.01. The third kappa shape index (κ3) is 5.39. The molecule has 1 unspecified atom stereocenters. The maximum Gasteiger partial charge on any atom is 0.314 e. The Labute approximate surface area is 180 Å². The zero-order valence-electron chi connectivity index (χ0n) is 17.8. The van der Waals surface area contributed by atoms with Crippen LogP contribution >= 0.6 is 0 Å². The SMILES string of the molecule is CCN(c1ccc(NC(=O)COC(=O)C2CC(=O)Nc3cc(F)ccc32)cc1)C(C)C. The molecular weight excluding hydrogens is 401 g/mol. The molecule has 0 spiro atoms. The Kier molecular flexibility index (Phi) is 6.89. The van der Waals surface area contributed by atoms with Crippen molar-refractivity contribution in [3.05, 3.63) is 53.8 Å². The number of esters is 1. The molecule has 2 N–H and O–H groups in total. The highest BCUT2D eigenvalue weighted by molar-refractivity contribution is 6.00. The molecule has 0 aliphatic carbocycles. The van der Waals surface area contributed by atoms with Gasteiger partial charge in [0, 0.05) is 36.1 Å². The predicted octanol–water partition coefficient (Wildman–Crippen LogP) is 3.67. The molecule has 1 aliphatic rings. The summed E-state index contributed by atoms with van der Waals surface area (Å²) < 4.78 is 18.5. The molecule has 0 aromatic heterocycles. The average Bonchev–Trinajstić information content (AvgIpc) is 2.72. The van der Waals surface area contributed by atoms with E-state index in [2.05, 4.69) is 36.3 Å². The minimum absolute atomic E-state index is 0.121. The van der Waals surface area contributed by atoms with Gasteiger partial charge in [-0.25, -0.2) is 4.39 Å². The molecule has 2 aromatic rings. The molecule has 31 heavy (non-hydrogen) atoms. The molecule has 0 bridgehead atoms. The molecule has 1 atom stereocenters. The third-order valence-corrected chi connectivity index (χ3v) is 5.13. The van der Waals surface area contributed by atoms with Crippen LogP contribution in [0, 0.1) is 5.82 Å². The summed E-state index contributed by atoms with van der Waals surface area (Å²) >= 11 is 0. The Morgan fingerprint density at radius 2 is 1.94 bits per heavy atom. The molecule has 0 fully saturated rings. The first-order chi connectivity index (χ1) is 14.8. The van der Waals surface area contributed by atoms with Crippen LogP contribution in [0.15, 0.2) is 42.5 Å². The lowest BCUT2D eigenvalue weighted by atomic mass is 9.90. The van der Waals surface area contributed by atoms with Crippen molar-refractivity contribution in [3.63, 3.8) is 0 Å². The monoisotopic (exact) mass is 427 g/mol. The van der Waals surface area contributed by atoms with E-state index in [1.807, 2.05) is 12.1 Å². The van der Waals surface area contributed by atoms with E-state index in [0.717, 1.165) is 18.3 Å². The Morgan fingerprint density at radius 1 is 1.23 bits per heavy atom. The summed E-state index contributed by atoms with van der Waals surface area (Å²) in [5.41, 5.74) is 2.34. The lowest BCUT2D eigenvalue weighted by Gasteiger charge is -2.27. The van der Waals surface area contributed by atoms with Crippen molar-refractivity contribution in [2.24, 2.45) is 0 Å². The Morgan fingerprint density at radius 3 is 2.58 bits per heavy atom. The van der Waals surface area contributed by atoms with Crippen LogP contribution in [0.4, 0.5) is 21.5 Å². The number of anilines is 3. The van der Waals surface area contributed by atoms with Gasteiger partial charge in [0.2, 0.25) is 5.91 Å². The predicted molar refractivity (Wildman–Crippen MR) is 117 cm³/mol. The van der Waals surface area contributed by atoms with Gasteiger partial charge >= 0.3 is 5.97 Å². The normalized spacial score (nSPS) is 15.1.